The average Bonchev–Trinajstić information content (AvgIpc) is 3.32. The number of carbonyl (C=O) groups excluding carboxylic acids is 1. The molecule has 5 rings (SSSR count). The highest BCUT2D eigenvalue weighted by molar-refractivity contribution is 5.79. The molecule has 1 fully saturated rings. The SMILES string of the molecule is Cc1cnc(CNC(=O)C2CCCN(c3nc(-c4ccccc4)nc4c3CCC4)C2)cn1. The molecule has 0 radical (unpaired) electrons. The van der Waals surface area contributed by atoms with E-state index in [2.05, 4.69) is 32.3 Å². The Kier molecular flexibility index (Phi) is 5.79. The first kappa shape index (κ1) is 20.5. The molecule has 0 spiro atoms. The minimum atomic E-state index is -0.0608. The van der Waals surface area contributed by atoms with Gasteiger partial charge in [0.2, 0.25) is 5.91 Å². The Hall–Kier alpha value is -3.35. The quantitative estimate of drug-likeness (QED) is 0.672. The molecule has 1 aliphatic carbocycles. The van der Waals surface area contributed by atoms with Crippen molar-refractivity contribution in [3.05, 3.63) is 65.4 Å². The first-order valence-electron chi connectivity index (χ1n) is 11.4. The van der Waals surface area contributed by atoms with Crippen LogP contribution in [0.15, 0.2) is 42.7 Å². The van der Waals surface area contributed by atoms with Crippen LogP contribution in [0.1, 0.15) is 41.9 Å². The third-order valence-corrected chi connectivity index (χ3v) is 6.31. The molecule has 2 aliphatic rings. The Morgan fingerprint density at radius 2 is 1.97 bits per heavy atom. The fourth-order valence-electron chi connectivity index (χ4n) is 4.61. The van der Waals surface area contributed by atoms with Crippen LogP contribution in [0.2, 0.25) is 0 Å². The number of nitrogens with one attached hydrogen (secondary N) is 1. The largest absolute Gasteiger partial charge is 0.355 e. The number of piperidine rings is 1. The van der Waals surface area contributed by atoms with Crippen molar-refractivity contribution in [2.45, 2.75) is 45.6 Å². The third kappa shape index (κ3) is 4.33. The minimum absolute atomic E-state index is 0.0608. The van der Waals surface area contributed by atoms with E-state index in [1.807, 2.05) is 25.1 Å². The lowest BCUT2D eigenvalue weighted by Gasteiger charge is -2.34. The van der Waals surface area contributed by atoms with Gasteiger partial charge in [-0.3, -0.25) is 14.8 Å². The maximum absolute atomic E-state index is 12.9. The van der Waals surface area contributed by atoms with Crippen LogP contribution in [-0.2, 0) is 24.2 Å². The van der Waals surface area contributed by atoms with E-state index in [1.54, 1.807) is 12.4 Å². The number of benzene rings is 1. The van der Waals surface area contributed by atoms with Crippen LogP contribution < -0.4 is 10.2 Å². The molecule has 0 bridgehead atoms. The van der Waals surface area contributed by atoms with Gasteiger partial charge in [-0.2, -0.15) is 0 Å². The van der Waals surface area contributed by atoms with Crippen LogP contribution >= 0.6 is 0 Å². The van der Waals surface area contributed by atoms with Crippen molar-refractivity contribution in [1.29, 1.82) is 0 Å². The van der Waals surface area contributed by atoms with Gasteiger partial charge < -0.3 is 10.2 Å². The summed E-state index contributed by atoms with van der Waals surface area (Å²) in [6.07, 6.45) is 8.44. The molecule has 3 aromatic rings. The summed E-state index contributed by atoms with van der Waals surface area (Å²) in [6, 6.07) is 10.2. The zero-order chi connectivity index (χ0) is 21.9. The fourth-order valence-corrected chi connectivity index (χ4v) is 4.61. The van der Waals surface area contributed by atoms with Gasteiger partial charge in [0.25, 0.3) is 0 Å². The second-order valence-electron chi connectivity index (χ2n) is 8.67. The van der Waals surface area contributed by atoms with Crippen molar-refractivity contribution < 1.29 is 4.79 Å². The predicted molar refractivity (Wildman–Crippen MR) is 123 cm³/mol. The molecule has 0 saturated carbocycles. The summed E-state index contributed by atoms with van der Waals surface area (Å²) in [5.74, 6) is 1.82. The summed E-state index contributed by atoms with van der Waals surface area (Å²) < 4.78 is 0. The Morgan fingerprint density at radius 3 is 2.78 bits per heavy atom. The molecule has 7 nitrogen and oxygen atoms in total. The summed E-state index contributed by atoms with van der Waals surface area (Å²) >= 11 is 0. The third-order valence-electron chi connectivity index (χ3n) is 6.31. The molecular weight excluding hydrogens is 400 g/mol. The van der Waals surface area contributed by atoms with Crippen molar-refractivity contribution in [2.75, 3.05) is 18.0 Å². The highest BCUT2D eigenvalue weighted by Crippen LogP contribution is 2.33. The van der Waals surface area contributed by atoms with Crippen molar-refractivity contribution in [3.8, 4) is 11.4 Å². The molecule has 1 aromatic carbocycles. The van der Waals surface area contributed by atoms with Crippen LogP contribution in [0, 0.1) is 12.8 Å². The highest BCUT2D eigenvalue weighted by Gasteiger charge is 2.30. The van der Waals surface area contributed by atoms with Crippen molar-refractivity contribution in [1.82, 2.24) is 25.3 Å². The standard InChI is InChI=1S/C25H28N6O/c1-17-13-27-20(14-26-17)15-28-25(32)19-9-6-12-31(16-19)24-21-10-5-11-22(21)29-23(30-24)18-7-3-2-4-8-18/h2-4,7-8,13-14,19H,5-6,9-12,15-16H2,1H3,(H,28,32). The highest BCUT2D eigenvalue weighted by atomic mass is 16.1. The van der Waals surface area contributed by atoms with Gasteiger partial charge in [0.15, 0.2) is 5.82 Å². The van der Waals surface area contributed by atoms with Crippen LogP contribution in [0.25, 0.3) is 11.4 Å². The number of anilines is 1. The van der Waals surface area contributed by atoms with E-state index in [1.165, 1.54) is 11.3 Å². The number of nitrogens with zero attached hydrogens (tertiary/aromatic N) is 5. The summed E-state index contributed by atoms with van der Waals surface area (Å²) in [5.41, 5.74) is 5.11. The normalized spacial score (nSPS) is 17.8. The van der Waals surface area contributed by atoms with Crippen molar-refractivity contribution in [2.24, 2.45) is 5.92 Å². The Labute approximate surface area is 188 Å². The van der Waals surface area contributed by atoms with E-state index in [0.29, 0.717) is 13.1 Å². The molecule has 1 aliphatic heterocycles. The van der Waals surface area contributed by atoms with Crippen LogP contribution in [0.5, 0.6) is 0 Å². The molecule has 1 saturated heterocycles. The minimum Gasteiger partial charge on any atom is -0.355 e. The number of fused-ring (bicyclic) bond motifs is 1. The Morgan fingerprint density at radius 1 is 1.09 bits per heavy atom. The van der Waals surface area contributed by atoms with E-state index in [9.17, 15) is 4.79 Å². The van der Waals surface area contributed by atoms with Gasteiger partial charge in [0.05, 0.1) is 30.0 Å². The summed E-state index contributed by atoms with van der Waals surface area (Å²) in [4.78, 5) is 33.7. The number of rotatable bonds is 5. The Balaban J connectivity index is 1.33. The monoisotopic (exact) mass is 428 g/mol. The van der Waals surface area contributed by atoms with Gasteiger partial charge in [-0.05, 0) is 39.0 Å². The van der Waals surface area contributed by atoms with Gasteiger partial charge in [-0.15, -0.1) is 0 Å². The molecule has 164 valence electrons. The van der Waals surface area contributed by atoms with Gasteiger partial charge >= 0.3 is 0 Å². The Bertz CT molecular complexity index is 1100. The number of hydrogen-bond donors (Lipinski definition) is 1. The van der Waals surface area contributed by atoms with Crippen molar-refractivity contribution in [3.63, 3.8) is 0 Å². The van der Waals surface area contributed by atoms with Gasteiger partial charge in [0.1, 0.15) is 5.82 Å². The topological polar surface area (TPSA) is 83.9 Å². The molecule has 3 heterocycles. The number of amides is 1. The lowest BCUT2D eigenvalue weighted by atomic mass is 9.96. The number of carbonyl (C=O) groups is 1. The molecule has 7 heteroatoms. The maximum Gasteiger partial charge on any atom is 0.225 e. The predicted octanol–water partition coefficient (Wildman–Crippen LogP) is 3.26. The van der Waals surface area contributed by atoms with Crippen LogP contribution in [0.4, 0.5) is 5.82 Å². The molecule has 32 heavy (non-hydrogen) atoms. The second-order valence-corrected chi connectivity index (χ2v) is 8.67. The molecule has 1 atom stereocenters. The lowest BCUT2D eigenvalue weighted by Crippen LogP contribution is -2.43. The van der Waals surface area contributed by atoms with Gasteiger partial charge in [-0.25, -0.2) is 9.97 Å². The summed E-state index contributed by atoms with van der Waals surface area (Å²) in [5, 5.41) is 3.05. The molecule has 1 N–H and O–H groups in total. The van der Waals surface area contributed by atoms with E-state index >= 15 is 0 Å². The lowest BCUT2D eigenvalue weighted by molar-refractivity contribution is -0.125. The molecular formula is C25H28N6O. The maximum atomic E-state index is 12.9. The van der Waals surface area contributed by atoms with Gasteiger partial charge in [-0.1, -0.05) is 30.3 Å². The molecule has 2 aromatic heterocycles. The molecule has 1 unspecified atom stereocenters. The zero-order valence-corrected chi connectivity index (χ0v) is 18.4. The number of hydrogen-bond acceptors (Lipinski definition) is 6. The van der Waals surface area contributed by atoms with E-state index in [4.69, 9.17) is 9.97 Å². The average molecular weight is 429 g/mol. The zero-order valence-electron chi connectivity index (χ0n) is 18.4. The van der Waals surface area contributed by atoms with E-state index < -0.39 is 0 Å². The van der Waals surface area contributed by atoms with Gasteiger partial charge in [0, 0.05) is 36.1 Å². The first-order chi connectivity index (χ1) is 15.7. The summed E-state index contributed by atoms with van der Waals surface area (Å²) in [6.45, 7) is 3.91. The van der Waals surface area contributed by atoms with Crippen LogP contribution in [-0.4, -0.2) is 38.9 Å². The number of aromatic nitrogens is 4. The summed E-state index contributed by atoms with van der Waals surface area (Å²) in [7, 11) is 0. The molecule has 1 amide bonds. The first-order valence-corrected chi connectivity index (χ1v) is 11.4. The smallest absolute Gasteiger partial charge is 0.225 e. The fraction of sp³-hybridized carbons (Fsp3) is 0.400. The second kappa shape index (κ2) is 9.02. The van der Waals surface area contributed by atoms with Crippen LogP contribution in [0.3, 0.4) is 0 Å². The van der Waals surface area contributed by atoms with E-state index in [-0.39, 0.29) is 11.8 Å². The number of aryl methyl sites for hydroxylation is 2. The van der Waals surface area contributed by atoms with Crippen molar-refractivity contribution >= 4 is 11.7 Å². The van der Waals surface area contributed by atoms with E-state index in [0.717, 1.165) is 67.2 Å².